The van der Waals surface area contributed by atoms with Crippen LogP contribution in [-0.4, -0.2) is 17.0 Å². The standard InChI is InChI=1S/C13H15ClN4/c1-9-7-17-13(15-2)18-12(9)16-8-10-5-3-4-6-11(10)14/h3-7H,8H2,1-2H3,(H2,15,16,17,18). The molecule has 94 valence electrons. The average molecular weight is 263 g/mol. The average Bonchev–Trinajstić information content (AvgIpc) is 2.39. The summed E-state index contributed by atoms with van der Waals surface area (Å²) in [5.74, 6) is 1.41. The molecule has 0 fully saturated rings. The molecule has 0 atom stereocenters. The van der Waals surface area contributed by atoms with E-state index >= 15 is 0 Å². The zero-order chi connectivity index (χ0) is 13.0. The summed E-state index contributed by atoms with van der Waals surface area (Å²) in [6.07, 6.45) is 1.79. The van der Waals surface area contributed by atoms with E-state index in [0.29, 0.717) is 12.5 Å². The predicted octanol–water partition coefficient (Wildman–Crippen LogP) is 3.09. The van der Waals surface area contributed by atoms with Crippen molar-refractivity contribution < 1.29 is 0 Å². The smallest absolute Gasteiger partial charge is 0.224 e. The molecule has 0 aliphatic carbocycles. The van der Waals surface area contributed by atoms with Gasteiger partial charge in [0.25, 0.3) is 0 Å². The molecule has 0 bridgehead atoms. The Hall–Kier alpha value is -1.81. The summed E-state index contributed by atoms with van der Waals surface area (Å²) >= 11 is 6.10. The summed E-state index contributed by atoms with van der Waals surface area (Å²) in [5, 5.41) is 6.94. The SMILES string of the molecule is CNc1ncc(C)c(NCc2ccccc2Cl)n1. The van der Waals surface area contributed by atoms with E-state index in [1.54, 1.807) is 13.2 Å². The third kappa shape index (κ3) is 2.90. The molecule has 0 saturated heterocycles. The van der Waals surface area contributed by atoms with Gasteiger partial charge >= 0.3 is 0 Å². The van der Waals surface area contributed by atoms with E-state index in [4.69, 9.17) is 11.6 Å². The number of nitrogens with one attached hydrogen (secondary N) is 2. The van der Waals surface area contributed by atoms with E-state index in [1.807, 2.05) is 31.2 Å². The van der Waals surface area contributed by atoms with Crippen LogP contribution >= 0.6 is 11.6 Å². The van der Waals surface area contributed by atoms with Crippen LogP contribution in [0.15, 0.2) is 30.5 Å². The highest BCUT2D eigenvalue weighted by Crippen LogP contribution is 2.18. The van der Waals surface area contributed by atoms with Crippen molar-refractivity contribution in [2.75, 3.05) is 17.7 Å². The molecule has 0 unspecified atom stereocenters. The second kappa shape index (κ2) is 5.69. The van der Waals surface area contributed by atoms with E-state index in [1.165, 1.54) is 0 Å². The number of hydrogen-bond acceptors (Lipinski definition) is 4. The Bertz CT molecular complexity index is 542. The topological polar surface area (TPSA) is 49.8 Å². The first-order chi connectivity index (χ1) is 8.70. The third-order valence-electron chi connectivity index (χ3n) is 2.60. The maximum atomic E-state index is 6.10. The van der Waals surface area contributed by atoms with Crippen LogP contribution in [0.25, 0.3) is 0 Å². The Balaban J connectivity index is 2.13. The largest absolute Gasteiger partial charge is 0.366 e. The Morgan fingerprint density at radius 2 is 2.06 bits per heavy atom. The zero-order valence-electron chi connectivity index (χ0n) is 10.4. The summed E-state index contributed by atoms with van der Waals surface area (Å²) in [5.41, 5.74) is 2.05. The van der Waals surface area contributed by atoms with Gasteiger partial charge in [-0.2, -0.15) is 4.98 Å². The number of hydrogen-bond donors (Lipinski definition) is 2. The van der Waals surface area contributed by atoms with Crippen molar-refractivity contribution in [1.29, 1.82) is 0 Å². The highest BCUT2D eigenvalue weighted by Gasteiger charge is 2.04. The highest BCUT2D eigenvalue weighted by molar-refractivity contribution is 6.31. The molecule has 0 spiro atoms. The van der Waals surface area contributed by atoms with Gasteiger partial charge in [-0.15, -0.1) is 0 Å². The maximum Gasteiger partial charge on any atom is 0.224 e. The lowest BCUT2D eigenvalue weighted by atomic mass is 10.2. The fourth-order valence-electron chi connectivity index (χ4n) is 1.56. The number of benzene rings is 1. The predicted molar refractivity (Wildman–Crippen MR) is 75.1 cm³/mol. The number of aryl methyl sites for hydroxylation is 1. The van der Waals surface area contributed by atoms with Crippen molar-refractivity contribution in [3.63, 3.8) is 0 Å². The summed E-state index contributed by atoms with van der Waals surface area (Å²) in [4.78, 5) is 8.50. The molecule has 4 nitrogen and oxygen atoms in total. The fraction of sp³-hybridized carbons (Fsp3) is 0.231. The lowest BCUT2D eigenvalue weighted by molar-refractivity contribution is 1.06. The van der Waals surface area contributed by atoms with E-state index in [2.05, 4.69) is 20.6 Å². The van der Waals surface area contributed by atoms with Gasteiger partial charge in [-0.25, -0.2) is 4.98 Å². The molecule has 2 aromatic rings. The van der Waals surface area contributed by atoms with Crippen LogP contribution in [0.3, 0.4) is 0 Å². The highest BCUT2D eigenvalue weighted by atomic mass is 35.5. The molecule has 0 saturated carbocycles. The minimum absolute atomic E-state index is 0.599. The monoisotopic (exact) mass is 262 g/mol. The van der Waals surface area contributed by atoms with Gasteiger partial charge in [0.1, 0.15) is 5.82 Å². The van der Waals surface area contributed by atoms with Crippen molar-refractivity contribution in [3.8, 4) is 0 Å². The van der Waals surface area contributed by atoms with Crippen LogP contribution in [0.4, 0.5) is 11.8 Å². The number of rotatable bonds is 4. The molecule has 2 rings (SSSR count). The Labute approximate surface area is 111 Å². The van der Waals surface area contributed by atoms with E-state index in [0.717, 1.165) is 22.0 Å². The van der Waals surface area contributed by atoms with E-state index < -0.39 is 0 Å². The molecule has 0 radical (unpaired) electrons. The molecule has 1 aromatic heterocycles. The first-order valence-corrected chi connectivity index (χ1v) is 6.07. The van der Waals surface area contributed by atoms with Gasteiger partial charge in [0.15, 0.2) is 0 Å². The van der Waals surface area contributed by atoms with E-state index in [-0.39, 0.29) is 0 Å². The van der Waals surface area contributed by atoms with Crippen molar-refractivity contribution in [2.24, 2.45) is 0 Å². The third-order valence-corrected chi connectivity index (χ3v) is 2.97. The van der Waals surface area contributed by atoms with Crippen LogP contribution in [0.2, 0.25) is 5.02 Å². The van der Waals surface area contributed by atoms with Gasteiger partial charge in [-0.1, -0.05) is 29.8 Å². The second-order valence-electron chi connectivity index (χ2n) is 3.92. The minimum atomic E-state index is 0.599. The summed E-state index contributed by atoms with van der Waals surface area (Å²) in [6.45, 7) is 2.61. The molecule has 0 amide bonds. The summed E-state index contributed by atoms with van der Waals surface area (Å²) in [6, 6.07) is 7.75. The quantitative estimate of drug-likeness (QED) is 0.889. The molecule has 18 heavy (non-hydrogen) atoms. The Kier molecular flexibility index (Phi) is 3.99. The number of nitrogens with zero attached hydrogens (tertiary/aromatic N) is 2. The van der Waals surface area contributed by atoms with Gasteiger partial charge in [-0.05, 0) is 18.6 Å². The number of anilines is 2. The molecule has 0 aliphatic rings. The lowest BCUT2D eigenvalue weighted by Crippen LogP contribution is -2.06. The Morgan fingerprint density at radius 1 is 1.28 bits per heavy atom. The zero-order valence-corrected chi connectivity index (χ0v) is 11.1. The maximum absolute atomic E-state index is 6.10. The second-order valence-corrected chi connectivity index (χ2v) is 4.33. The van der Waals surface area contributed by atoms with Crippen LogP contribution in [0.5, 0.6) is 0 Å². The van der Waals surface area contributed by atoms with Crippen LogP contribution in [0.1, 0.15) is 11.1 Å². The molecular weight excluding hydrogens is 248 g/mol. The van der Waals surface area contributed by atoms with Gasteiger partial charge in [0.2, 0.25) is 5.95 Å². The number of halogens is 1. The molecular formula is C13H15ClN4. The van der Waals surface area contributed by atoms with Gasteiger partial charge in [-0.3, -0.25) is 0 Å². The normalized spacial score (nSPS) is 10.2. The molecule has 1 aromatic carbocycles. The number of aromatic nitrogens is 2. The molecule has 1 heterocycles. The van der Waals surface area contributed by atoms with Crippen molar-refractivity contribution in [1.82, 2.24) is 9.97 Å². The minimum Gasteiger partial charge on any atom is -0.366 e. The van der Waals surface area contributed by atoms with Crippen LogP contribution < -0.4 is 10.6 Å². The van der Waals surface area contributed by atoms with Crippen molar-refractivity contribution in [3.05, 3.63) is 46.6 Å². The van der Waals surface area contributed by atoms with Gasteiger partial charge in [0.05, 0.1) is 0 Å². The molecule has 2 N–H and O–H groups in total. The van der Waals surface area contributed by atoms with Gasteiger partial charge < -0.3 is 10.6 Å². The van der Waals surface area contributed by atoms with Gasteiger partial charge in [0, 0.05) is 30.4 Å². The molecule has 0 aliphatic heterocycles. The van der Waals surface area contributed by atoms with Crippen molar-refractivity contribution in [2.45, 2.75) is 13.5 Å². The first-order valence-electron chi connectivity index (χ1n) is 5.69. The first kappa shape index (κ1) is 12.6. The summed E-state index contributed by atoms with van der Waals surface area (Å²) < 4.78 is 0. The van der Waals surface area contributed by atoms with Crippen LogP contribution in [0, 0.1) is 6.92 Å². The van der Waals surface area contributed by atoms with E-state index in [9.17, 15) is 0 Å². The fourth-order valence-corrected chi connectivity index (χ4v) is 1.76. The lowest BCUT2D eigenvalue weighted by Gasteiger charge is -2.10. The summed E-state index contributed by atoms with van der Waals surface area (Å²) in [7, 11) is 1.79. The molecule has 5 heteroatoms. The van der Waals surface area contributed by atoms with Crippen molar-refractivity contribution >= 4 is 23.4 Å². The Morgan fingerprint density at radius 3 is 2.78 bits per heavy atom. The van der Waals surface area contributed by atoms with Crippen LogP contribution in [-0.2, 0) is 6.54 Å².